The Bertz CT molecular complexity index is 804. The molecule has 6 heteroatoms. The van der Waals surface area contributed by atoms with E-state index in [1.165, 1.54) is 12.1 Å². The third-order valence-corrected chi connectivity index (χ3v) is 3.26. The van der Waals surface area contributed by atoms with E-state index in [0.29, 0.717) is 16.7 Å². The van der Waals surface area contributed by atoms with Crippen LogP contribution < -0.4 is 4.74 Å². The Morgan fingerprint density at radius 1 is 1.13 bits per heavy atom. The highest BCUT2D eigenvalue weighted by atomic mass is 19.4. The van der Waals surface area contributed by atoms with Crippen molar-refractivity contribution < 1.29 is 22.7 Å². The summed E-state index contributed by atoms with van der Waals surface area (Å²) >= 11 is 0. The summed E-state index contributed by atoms with van der Waals surface area (Å²) in [5.41, 5.74) is 0.783. The zero-order valence-electron chi connectivity index (χ0n) is 12.4. The van der Waals surface area contributed by atoms with E-state index in [4.69, 9.17) is 10.00 Å². The van der Waals surface area contributed by atoms with Gasteiger partial charge in [0.1, 0.15) is 11.5 Å². The number of carbonyl (C=O) groups is 1. The molecule has 0 amide bonds. The molecule has 0 atom stereocenters. The van der Waals surface area contributed by atoms with Gasteiger partial charge in [-0.3, -0.25) is 4.79 Å². The zero-order chi connectivity index (χ0) is 17.2. The molecule has 0 saturated carbocycles. The fraction of sp³-hybridized carbons (Fsp3) is 0.176. The molecule has 0 heterocycles. The molecule has 0 saturated heterocycles. The Hall–Kier alpha value is -2.81. The van der Waals surface area contributed by atoms with Crippen molar-refractivity contribution in [3.63, 3.8) is 0 Å². The van der Waals surface area contributed by atoms with E-state index < -0.39 is 17.5 Å². The minimum Gasteiger partial charge on any atom is -0.456 e. The Morgan fingerprint density at radius 3 is 2.43 bits per heavy atom. The molecule has 0 bridgehead atoms. The smallest absolute Gasteiger partial charge is 0.455 e. The van der Waals surface area contributed by atoms with Gasteiger partial charge in [-0.1, -0.05) is 17.7 Å². The first-order valence-electron chi connectivity index (χ1n) is 6.63. The first-order valence-corrected chi connectivity index (χ1v) is 6.63. The predicted octanol–water partition coefficient (Wildman–Crippen LogP) is 4.71. The van der Waals surface area contributed by atoms with Gasteiger partial charge in [-0.25, -0.2) is 0 Å². The van der Waals surface area contributed by atoms with Gasteiger partial charge in [0.05, 0.1) is 17.2 Å². The molecular formula is C17H12F3NO2. The topological polar surface area (TPSA) is 50.1 Å². The Balaban J connectivity index is 2.50. The molecule has 0 aliphatic rings. The van der Waals surface area contributed by atoms with E-state index in [9.17, 15) is 18.0 Å². The summed E-state index contributed by atoms with van der Waals surface area (Å²) in [6, 6.07) is 10.6. The predicted molar refractivity (Wildman–Crippen MR) is 77.5 cm³/mol. The lowest BCUT2D eigenvalue weighted by Gasteiger charge is -2.14. The highest BCUT2D eigenvalue weighted by molar-refractivity contribution is 6.02. The van der Waals surface area contributed by atoms with Crippen molar-refractivity contribution in [1.82, 2.24) is 0 Å². The molecule has 0 fully saturated rings. The van der Waals surface area contributed by atoms with E-state index in [1.807, 2.05) is 6.07 Å². The van der Waals surface area contributed by atoms with Crippen molar-refractivity contribution >= 4 is 5.78 Å². The Morgan fingerprint density at radius 2 is 1.83 bits per heavy atom. The number of hydrogen-bond donors (Lipinski definition) is 0. The summed E-state index contributed by atoms with van der Waals surface area (Å²) in [7, 11) is 0. The molecule has 23 heavy (non-hydrogen) atoms. The number of ketones is 1. The molecule has 0 aliphatic carbocycles. The average Bonchev–Trinajstić information content (AvgIpc) is 2.49. The average molecular weight is 319 g/mol. The molecule has 0 aliphatic heterocycles. The van der Waals surface area contributed by atoms with E-state index >= 15 is 0 Å². The lowest BCUT2D eigenvalue weighted by molar-refractivity contribution is -0.0886. The molecule has 0 radical (unpaired) electrons. The number of Topliss-reactive ketones (excluding diaryl/α,β-unsaturated/α-hetero) is 1. The van der Waals surface area contributed by atoms with Crippen LogP contribution in [0.5, 0.6) is 11.5 Å². The first-order chi connectivity index (χ1) is 10.7. The second-order valence-corrected chi connectivity index (χ2v) is 4.97. The van der Waals surface area contributed by atoms with Crippen molar-refractivity contribution in [2.24, 2.45) is 0 Å². The van der Waals surface area contributed by atoms with Crippen LogP contribution in [0.15, 0.2) is 36.4 Å². The standard InChI is InChI=1S/C17H12F3NO2/c1-10-6-7-15(13(8-10)16(22)17(18,19)20)23-14-5-3-4-12(9-21)11(14)2/h3-8H,1-2H3. The molecular weight excluding hydrogens is 307 g/mol. The second-order valence-electron chi connectivity index (χ2n) is 4.97. The summed E-state index contributed by atoms with van der Waals surface area (Å²) in [6.45, 7) is 3.20. The number of nitriles is 1. The summed E-state index contributed by atoms with van der Waals surface area (Å²) in [4.78, 5) is 11.6. The zero-order valence-corrected chi connectivity index (χ0v) is 12.4. The number of nitrogens with zero attached hydrogens (tertiary/aromatic N) is 1. The van der Waals surface area contributed by atoms with Gasteiger partial charge in [0.25, 0.3) is 5.78 Å². The lowest BCUT2D eigenvalue weighted by atomic mass is 10.1. The van der Waals surface area contributed by atoms with Crippen LogP contribution in [0.2, 0.25) is 0 Å². The van der Waals surface area contributed by atoms with Crippen LogP contribution in [-0.2, 0) is 0 Å². The quantitative estimate of drug-likeness (QED) is 0.770. The van der Waals surface area contributed by atoms with Crippen LogP contribution in [0, 0.1) is 25.2 Å². The van der Waals surface area contributed by atoms with Gasteiger partial charge in [0.2, 0.25) is 0 Å². The molecule has 0 unspecified atom stereocenters. The molecule has 2 aromatic rings. The fourth-order valence-electron chi connectivity index (χ4n) is 2.03. The summed E-state index contributed by atoms with van der Waals surface area (Å²) in [6.07, 6.45) is -4.99. The number of benzene rings is 2. The number of halogens is 3. The summed E-state index contributed by atoms with van der Waals surface area (Å²) in [5.74, 6) is -1.94. The van der Waals surface area contributed by atoms with Gasteiger partial charge in [-0.15, -0.1) is 0 Å². The van der Waals surface area contributed by atoms with E-state index in [1.54, 1.807) is 32.0 Å². The Kier molecular flexibility index (Phi) is 4.41. The monoisotopic (exact) mass is 319 g/mol. The molecule has 0 aromatic heterocycles. The number of hydrogen-bond acceptors (Lipinski definition) is 3. The van der Waals surface area contributed by atoms with Gasteiger partial charge in [-0.05, 0) is 38.1 Å². The normalized spacial score (nSPS) is 11.0. The maximum absolute atomic E-state index is 12.7. The van der Waals surface area contributed by atoms with Crippen molar-refractivity contribution in [3.05, 3.63) is 58.7 Å². The second kappa shape index (κ2) is 6.13. The molecule has 0 N–H and O–H groups in total. The third kappa shape index (κ3) is 3.51. The van der Waals surface area contributed by atoms with Crippen molar-refractivity contribution in [2.75, 3.05) is 0 Å². The van der Waals surface area contributed by atoms with Crippen molar-refractivity contribution in [1.29, 1.82) is 5.26 Å². The van der Waals surface area contributed by atoms with Crippen LogP contribution in [-0.4, -0.2) is 12.0 Å². The largest absolute Gasteiger partial charge is 0.456 e. The maximum atomic E-state index is 12.7. The molecule has 0 spiro atoms. The molecule has 2 aromatic carbocycles. The SMILES string of the molecule is Cc1ccc(Oc2cccc(C#N)c2C)c(C(=O)C(F)(F)F)c1. The van der Waals surface area contributed by atoms with Gasteiger partial charge >= 0.3 is 6.18 Å². The van der Waals surface area contributed by atoms with E-state index in [-0.39, 0.29) is 11.5 Å². The molecule has 3 nitrogen and oxygen atoms in total. The van der Waals surface area contributed by atoms with Crippen LogP contribution >= 0.6 is 0 Å². The number of rotatable bonds is 3. The van der Waals surface area contributed by atoms with Gasteiger partial charge < -0.3 is 4.74 Å². The van der Waals surface area contributed by atoms with Crippen LogP contribution in [0.3, 0.4) is 0 Å². The van der Waals surface area contributed by atoms with E-state index in [2.05, 4.69) is 0 Å². The minimum atomic E-state index is -4.99. The number of aryl methyl sites for hydroxylation is 1. The first kappa shape index (κ1) is 16.6. The summed E-state index contributed by atoms with van der Waals surface area (Å²) < 4.78 is 43.7. The number of carbonyl (C=O) groups excluding carboxylic acids is 1. The van der Waals surface area contributed by atoms with Crippen molar-refractivity contribution in [2.45, 2.75) is 20.0 Å². The highest BCUT2D eigenvalue weighted by Gasteiger charge is 2.41. The van der Waals surface area contributed by atoms with Gasteiger partial charge in [0.15, 0.2) is 0 Å². The summed E-state index contributed by atoms with van der Waals surface area (Å²) in [5, 5.41) is 8.99. The van der Waals surface area contributed by atoms with E-state index in [0.717, 1.165) is 6.07 Å². The maximum Gasteiger partial charge on any atom is 0.455 e. The van der Waals surface area contributed by atoms with Crippen LogP contribution in [0.4, 0.5) is 13.2 Å². The number of alkyl halides is 3. The fourth-order valence-corrected chi connectivity index (χ4v) is 2.03. The van der Waals surface area contributed by atoms with Gasteiger partial charge in [-0.2, -0.15) is 18.4 Å². The highest BCUT2D eigenvalue weighted by Crippen LogP contribution is 2.33. The molecule has 118 valence electrons. The van der Waals surface area contributed by atoms with Crippen molar-refractivity contribution in [3.8, 4) is 17.6 Å². The van der Waals surface area contributed by atoms with Crippen LogP contribution in [0.25, 0.3) is 0 Å². The van der Waals surface area contributed by atoms with Crippen LogP contribution in [0.1, 0.15) is 27.0 Å². The Labute approximate surface area is 130 Å². The molecule has 2 rings (SSSR count). The lowest BCUT2D eigenvalue weighted by Crippen LogP contribution is -2.23. The minimum absolute atomic E-state index is 0.198. The number of ether oxygens (including phenoxy) is 1. The third-order valence-electron chi connectivity index (χ3n) is 3.26. The van der Waals surface area contributed by atoms with Gasteiger partial charge in [0, 0.05) is 5.56 Å².